The maximum absolute atomic E-state index is 6.39. The van der Waals surface area contributed by atoms with E-state index in [1.165, 1.54) is 24.8 Å². The zero-order valence-electron chi connectivity index (χ0n) is 13.3. The van der Waals surface area contributed by atoms with E-state index < -0.39 is 0 Å². The van der Waals surface area contributed by atoms with E-state index in [0.717, 1.165) is 35.7 Å². The molecule has 1 saturated carbocycles. The lowest BCUT2D eigenvalue weighted by Gasteiger charge is -2.38. The normalized spacial score (nSPS) is 26.3. The van der Waals surface area contributed by atoms with E-state index in [0.29, 0.717) is 10.9 Å². The number of benzene rings is 1. The molecule has 1 nitrogen and oxygen atoms in total. The Bertz CT molecular complexity index is 459. The highest BCUT2D eigenvalue weighted by Gasteiger charge is 2.31. The van der Waals surface area contributed by atoms with Gasteiger partial charge in [0.2, 0.25) is 0 Å². The molecular weight excluding hydrogens is 301 g/mol. The van der Waals surface area contributed by atoms with Gasteiger partial charge in [0.1, 0.15) is 0 Å². The van der Waals surface area contributed by atoms with Crippen molar-refractivity contribution in [3.05, 3.63) is 33.8 Å². The lowest BCUT2D eigenvalue weighted by Crippen LogP contribution is -2.34. The summed E-state index contributed by atoms with van der Waals surface area (Å²) in [5.74, 6) is 3.08. The summed E-state index contributed by atoms with van der Waals surface area (Å²) in [6.07, 6.45) is 5.05. The van der Waals surface area contributed by atoms with Gasteiger partial charge in [-0.1, -0.05) is 49.2 Å². The van der Waals surface area contributed by atoms with Crippen LogP contribution in [0, 0.1) is 23.7 Å². The number of nitrogens with one attached hydrogen (secondary N) is 1. The molecule has 0 aromatic heterocycles. The Labute approximate surface area is 139 Å². The van der Waals surface area contributed by atoms with Crippen LogP contribution in [0.5, 0.6) is 0 Å². The molecule has 0 saturated heterocycles. The number of halogens is 2. The first kappa shape index (κ1) is 17.1. The van der Waals surface area contributed by atoms with Gasteiger partial charge >= 0.3 is 0 Å². The minimum absolute atomic E-state index is 0.676. The second-order valence-electron chi connectivity index (χ2n) is 6.81. The van der Waals surface area contributed by atoms with Gasteiger partial charge in [0.05, 0.1) is 10.0 Å². The Kier molecular flexibility index (Phi) is 6.40. The van der Waals surface area contributed by atoms with Crippen LogP contribution in [-0.2, 0) is 6.42 Å². The molecule has 0 bridgehead atoms. The van der Waals surface area contributed by atoms with Crippen molar-refractivity contribution >= 4 is 23.2 Å². The Morgan fingerprint density at radius 1 is 1.19 bits per heavy atom. The molecule has 1 aliphatic carbocycles. The monoisotopic (exact) mass is 327 g/mol. The Morgan fingerprint density at radius 3 is 2.62 bits per heavy atom. The predicted molar refractivity (Wildman–Crippen MR) is 93.3 cm³/mol. The number of hydrogen-bond donors (Lipinski definition) is 1. The maximum atomic E-state index is 6.39. The highest BCUT2D eigenvalue weighted by atomic mass is 35.5. The predicted octanol–water partition coefficient (Wildman–Crippen LogP) is 5.44. The standard InChI is InChI=1S/C18H27Cl2N/c1-12(2)13-7-8-15(11-21-3)16(9-13)10-14-5-4-6-17(19)18(14)20/h4-6,12-13,15-16,21H,7-11H2,1-3H3. The fourth-order valence-electron chi connectivity index (χ4n) is 3.74. The molecule has 3 heteroatoms. The van der Waals surface area contributed by atoms with E-state index >= 15 is 0 Å². The molecule has 3 atom stereocenters. The largest absolute Gasteiger partial charge is 0.319 e. The molecule has 1 aromatic rings. The van der Waals surface area contributed by atoms with Crippen molar-refractivity contribution in [1.82, 2.24) is 5.32 Å². The first-order valence-corrected chi connectivity index (χ1v) is 8.86. The topological polar surface area (TPSA) is 12.0 Å². The van der Waals surface area contributed by atoms with Crippen LogP contribution in [0.1, 0.15) is 38.7 Å². The lowest BCUT2D eigenvalue weighted by atomic mass is 9.68. The molecule has 0 spiro atoms. The summed E-state index contributed by atoms with van der Waals surface area (Å²) in [5.41, 5.74) is 1.21. The van der Waals surface area contributed by atoms with Gasteiger partial charge in [-0.15, -0.1) is 0 Å². The molecule has 0 heterocycles. The van der Waals surface area contributed by atoms with Gasteiger partial charge in [0.25, 0.3) is 0 Å². The summed E-state index contributed by atoms with van der Waals surface area (Å²) in [6, 6.07) is 6.01. The van der Waals surface area contributed by atoms with E-state index in [1.54, 1.807) is 0 Å². The molecule has 0 amide bonds. The Hall–Kier alpha value is -0.240. The fourth-order valence-corrected chi connectivity index (χ4v) is 4.14. The van der Waals surface area contributed by atoms with Gasteiger partial charge in [-0.2, -0.15) is 0 Å². The second kappa shape index (κ2) is 7.85. The molecule has 1 aromatic carbocycles. The van der Waals surface area contributed by atoms with Gasteiger partial charge in [0.15, 0.2) is 0 Å². The van der Waals surface area contributed by atoms with Gasteiger partial charge in [0, 0.05) is 0 Å². The third-order valence-electron chi connectivity index (χ3n) is 5.10. The zero-order valence-corrected chi connectivity index (χ0v) is 14.8. The van der Waals surface area contributed by atoms with Crippen LogP contribution >= 0.6 is 23.2 Å². The molecule has 1 aliphatic rings. The van der Waals surface area contributed by atoms with Crippen LogP contribution in [0.15, 0.2) is 18.2 Å². The molecule has 118 valence electrons. The van der Waals surface area contributed by atoms with Crippen LogP contribution in [0.2, 0.25) is 10.0 Å². The lowest BCUT2D eigenvalue weighted by molar-refractivity contribution is 0.146. The summed E-state index contributed by atoms with van der Waals surface area (Å²) in [6.45, 7) is 5.81. The second-order valence-corrected chi connectivity index (χ2v) is 7.60. The van der Waals surface area contributed by atoms with E-state index in [4.69, 9.17) is 23.2 Å². The minimum Gasteiger partial charge on any atom is -0.319 e. The van der Waals surface area contributed by atoms with Gasteiger partial charge in [-0.3, -0.25) is 0 Å². The first-order valence-electron chi connectivity index (χ1n) is 8.10. The van der Waals surface area contributed by atoms with Crippen molar-refractivity contribution in [1.29, 1.82) is 0 Å². The summed E-state index contributed by atoms with van der Waals surface area (Å²) in [4.78, 5) is 0. The van der Waals surface area contributed by atoms with E-state index in [9.17, 15) is 0 Å². The van der Waals surface area contributed by atoms with Crippen molar-refractivity contribution in [2.75, 3.05) is 13.6 Å². The van der Waals surface area contributed by atoms with Gasteiger partial charge in [-0.25, -0.2) is 0 Å². The Morgan fingerprint density at radius 2 is 1.95 bits per heavy atom. The van der Waals surface area contributed by atoms with Crippen molar-refractivity contribution in [3.8, 4) is 0 Å². The minimum atomic E-state index is 0.676. The van der Waals surface area contributed by atoms with Gasteiger partial charge in [-0.05, 0) is 74.6 Å². The third kappa shape index (κ3) is 4.37. The number of rotatable bonds is 5. The number of hydrogen-bond acceptors (Lipinski definition) is 1. The third-order valence-corrected chi connectivity index (χ3v) is 5.96. The molecule has 21 heavy (non-hydrogen) atoms. The first-order chi connectivity index (χ1) is 10.0. The summed E-state index contributed by atoms with van der Waals surface area (Å²) in [7, 11) is 2.05. The van der Waals surface area contributed by atoms with Crippen LogP contribution in [0.25, 0.3) is 0 Å². The molecule has 3 unspecified atom stereocenters. The van der Waals surface area contributed by atoms with Crippen LogP contribution in [0.3, 0.4) is 0 Å². The summed E-state index contributed by atoms with van der Waals surface area (Å²) < 4.78 is 0. The van der Waals surface area contributed by atoms with Crippen molar-refractivity contribution in [3.63, 3.8) is 0 Å². The maximum Gasteiger partial charge on any atom is 0.0624 e. The van der Waals surface area contributed by atoms with Crippen molar-refractivity contribution in [2.45, 2.75) is 39.5 Å². The zero-order chi connectivity index (χ0) is 15.4. The SMILES string of the molecule is CNCC1CCC(C(C)C)CC1Cc1cccc(Cl)c1Cl. The van der Waals surface area contributed by atoms with E-state index in [-0.39, 0.29) is 0 Å². The summed E-state index contributed by atoms with van der Waals surface area (Å²) >= 11 is 12.6. The Balaban J connectivity index is 2.13. The average Bonchev–Trinajstić information content (AvgIpc) is 2.45. The van der Waals surface area contributed by atoms with Crippen molar-refractivity contribution < 1.29 is 0 Å². The van der Waals surface area contributed by atoms with Crippen LogP contribution in [0.4, 0.5) is 0 Å². The highest BCUT2D eigenvalue weighted by molar-refractivity contribution is 6.42. The molecule has 0 aliphatic heterocycles. The highest BCUT2D eigenvalue weighted by Crippen LogP contribution is 2.40. The molecular formula is C18H27Cl2N. The van der Waals surface area contributed by atoms with Crippen molar-refractivity contribution in [2.24, 2.45) is 23.7 Å². The fraction of sp³-hybridized carbons (Fsp3) is 0.667. The molecule has 2 rings (SSSR count). The van der Waals surface area contributed by atoms with E-state index in [1.807, 2.05) is 12.1 Å². The average molecular weight is 328 g/mol. The quantitative estimate of drug-likeness (QED) is 0.758. The van der Waals surface area contributed by atoms with E-state index in [2.05, 4.69) is 32.3 Å². The molecule has 0 radical (unpaired) electrons. The van der Waals surface area contributed by atoms with Gasteiger partial charge < -0.3 is 5.32 Å². The molecule has 1 fully saturated rings. The summed E-state index contributed by atoms with van der Waals surface area (Å²) in [5, 5.41) is 4.79. The van der Waals surface area contributed by atoms with Crippen LogP contribution in [-0.4, -0.2) is 13.6 Å². The van der Waals surface area contributed by atoms with Crippen LogP contribution < -0.4 is 5.32 Å². The molecule has 1 N–H and O–H groups in total. The smallest absolute Gasteiger partial charge is 0.0624 e.